The van der Waals surface area contributed by atoms with Crippen molar-refractivity contribution in [2.24, 2.45) is 11.1 Å². The number of hydrogen-bond donors (Lipinski definition) is 1. The summed E-state index contributed by atoms with van der Waals surface area (Å²) >= 11 is 12.0. The highest BCUT2D eigenvalue weighted by atomic mass is 35.5. The molecule has 8 heteroatoms. The number of aromatic nitrogens is 1. The fraction of sp³-hybridized carbons (Fsp3) is 0.350. The molecule has 1 saturated heterocycles. The maximum absolute atomic E-state index is 12.9. The molecule has 0 spiro atoms. The molecule has 1 fully saturated rings. The first-order valence-corrected chi connectivity index (χ1v) is 9.71. The van der Waals surface area contributed by atoms with Crippen LogP contribution in [-0.4, -0.2) is 41.4 Å². The molecule has 0 unspecified atom stereocenters. The predicted octanol–water partition coefficient (Wildman–Crippen LogP) is 3.57. The Morgan fingerprint density at radius 2 is 1.96 bits per heavy atom. The lowest BCUT2D eigenvalue weighted by Gasteiger charge is -2.42. The maximum atomic E-state index is 12.9. The largest absolute Gasteiger partial charge is 0.493 e. The molecule has 148 valence electrons. The number of nitrogens with two attached hydrogens (primary N) is 1. The van der Waals surface area contributed by atoms with Crippen LogP contribution in [0.1, 0.15) is 29.6 Å². The lowest BCUT2D eigenvalue weighted by Crippen LogP contribution is -2.50. The third kappa shape index (κ3) is 4.94. The number of carbonyl (C=O) groups excluding carboxylic acids is 2. The Hall–Kier alpha value is -2.31. The molecule has 1 atom stereocenters. The molecule has 28 heavy (non-hydrogen) atoms. The molecule has 0 aliphatic carbocycles. The Morgan fingerprint density at radius 3 is 2.64 bits per heavy atom. The van der Waals surface area contributed by atoms with Crippen molar-refractivity contribution in [3.63, 3.8) is 0 Å². The van der Waals surface area contributed by atoms with Gasteiger partial charge in [0.25, 0.3) is 5.91 Å². The highest BCUT2D eigenvalue weighted by Crippen LogP contribution is 2.35. The van der Waals surface area contributed by atoms with Gasteiger partial charge >= 0.3 is 0 Å². The van der Waals surface area contributed by atoms with Crippen molar-refractivity contribution in [3.8, 4) is 5.75 Å². The van der Waals surface area contributed by atoms with E-state index in [1.165, 1.54) is 6.20 Å². The van der Waals surface area contributed by atoms with E-state index in [-0.39, 0.29) is 24.1 Å². The van der Waals surface area contributed by atoms with Gasteiger partial charge in [0.1, 0.15) is 10.9 Å². The third-order valence-electron chi connectivity index (χ3n) is 4.85. The van der Waals surface area contributed by atoms with Gasteiger partial charge in [0, 0.05) is 36.1 Å². The van der Waals surface area contributed by atoms with Gasteiger partial charge in [0.15, 0.2) is 0 Å². The van der Waals surface area contributed by atoms with E-state index in [4.69, 9.17) is 33.7 Å². The van der Waals surface area contributed by atoms with Gasteiger partial charge in [-0.1, -0.05) is 23.2 Å². The van der Waals surface area contributed by atoms with Crippen molar-refractivity contribution in [2.45, 2.75) is 19.3 Å². The van der Waals surface area contributed by atoms with Crippen LogP contribution in [0.5, 0.6) is 5.75 Å². The monoisotopic (exact) mass is 421 g/mol. The number of halogens is 2. The van der Waals surface area contributed by atoms with Crippen LogP contribution >= 0.6 is 23.2 Å². The van der Waals surface area contributed by atoms with E-state index in [2.05, 4.69) is 4.98 Å². The average molecular weight is 422 g/mol. The zero-order valence-electron chi connectivity index (χ0n) is 15.2. The van der Waals surface area contributed by atoms with E-state index in [0.717, 1.165) is 12.8 Å². The zero-order valence-corrected chi connectivity index (χ0v) is 16.7. The van der Waals surface area contributed by atoms with Crippen LogP contribution in [0, 0.1) is 5.41 Å². The van der Waals surface area contributed by atoms with Gasteiger partial charge in [-0.25, -0.2) is 4.98 Å². The summed E-state index contributed by atoms with van der Waals surface area (Å²) in [5, 5.41) is 0.776. The number of amides is 2. The second kappa shape index (κ2) is 8.80. The number of ether oxygens (including phenoxy) is 1. The number of rotatable bonds is 6. The summed E-state index contributed by atoms with van der Waals surface area (Å²) in [5.74, 6) is 0.0125. The first-order valence-electron chi connectivity index (χ1n) is 8.95. The molecule has 6 nitrogen and oxygen atoms in total. The zero-order chi connectivity index (χ0) is 20.1. The quantitative estimate of drug-likeness (QED) is 0.722. The van der Waals surface area contributed by atoms with E-state index in [1.54, 1.807) is 41.3 Å². The minimum atomic E-state index is -0.561. The van der Waals surface area contributed by atoms with E-state index >= 15 is 0 Å². The van der Waals surface area contributed by atoms with Crippen LogP contribution in [0.25, 0.3) is 0 Å². The van der Waals surface area contributed by atoms with Crippen molar-refractivity contribution in [3.05, 3.63) is 58.3 Å². The van der Waals surface area contributed by atoms with Crippen LogP contribution < -0.4 is 10.5 Å². The Morgan fingerprint density at radius 1 is 1.21 bits per heavy atom. The van der Waals surface area contributed by atoms with E-state index in [1.807, 2.05) is 0 Å². The second-order valence-electron chi connectivity index (χ2n) is 7.06. The Bertz CT molecular complexity index is 860. The van der Waals surface area contributed by atoms with Crippen molar-refractivity contribution in [1.82, 2.24) is 9.88 Å². The number of likely N-dealkylation sites (tertiary alicyclic amines) is 1. The maximum Gasteiger partial charge on any atom is 0.257 e. The number of hydrogen-bond acceptors (Lipinski definition) is 4. The fourth-order valence-corrected chi connectivity index (χ4v) is 3.87. The molecular formula is C20H21Cl2N3O3. The molecule has 2 amide bonds. The van der Waals surface area contributed by atoms with E-state index in [9.17, 15) is 9.59 Å². The number of carbonyl (C=O) groups is 2. The number of benzene rings is 1. The first-order chi connectivity index (χ1) is 13.4. The van der Waals surface area contributed by atoms with Gasteiger partial charge < -0.3 is 15.4 Å². The van der Waals surface area contributed by atoms with Crippen molar-refractivity contribution in [1.29, 1.82) is 0 Å². The highest BCUT2D eigenvalue weighted by Gasteiger charge is 2.40. The minimum Gasteiger partial charge on any atom is -0.493 e. The molecule has 3 rings (SSSR count). The summed E-state index contributed by atoms with van der Waals surface area (Å²) in [4.78, 5) is 30.3. The summed E-state index contributed by atoms with van der Waals surface area (Å²) in [6.07, 6.45) is 3.13. The minimum absolute atomic E-state index is 0.130. The van der Waals surface area contributed by atoms with Gasteiger partial charge in [-0.05, 0) is 49.2 Å². The van der Waals surface area contributed by atoms with Crippen LogP contribution in [0.4, 0.5) is 0 Å². The summed E-state index contributed by atoms with van der Waals surface area (Å²) in [7, 11) is 0. The van der Waals surface area contributed by atoms with Gasteiger partial charge in [0.2, 0.25) is 5.91 Å². The number of primary amides is 1. The molecule has 2 N–H and O–H groups in total. The van der Waals surface area contributed by atoms with Crippen LogP contribution in [-0.2, 0) is 4.79 Å². The van der Waals surface area contributed by atoms with Crippen molar-refractivity contribution in [2.75, 3.05) is 19.7 Å². The summed E-state index contributed by atoms with van der Waals surface area (Å²) in [6.45, 7) is 1.20. The van der Waals surface area contributed by atoms with Crippen molar-refractivity contribution < 1.29 is 14.3 Å². The molecular weight excluding hydrogens is 401 g/mol. The lowest BCUT2D eigenvalue weighted by molar-refractivity contribution is -0.122. The summed E-state index contributed by atoms with van der Waals surface area (Å²) in [5.41, 5.74) is 5.29. The number of nitrogens with zero attached hydrogens (tertiary/aromatic N) is 2. The third-order valence-corrected chi connectivity index (χ3v) is 5.40. The molecule has 2 heterocycles. The number of pyridine rings is 1. The number of piperidine rings is 1. The molecule has 0 bridgehead atoms. The van der Waals surface area contributed by atoms with E-state index in [0.29, 0.717) is 29.4 Å². The lowest BCUT2D eigenvalue weighted by atomic mass is 9.77. The molecule has 0 radical (unpaired) electrons. The molecule has 1 aliphatic rings. The molecule has 1 aromatic heterocycles. The van der Waals surface area contributed by atoms with Crippen LogP contribution in [0.15, 0.2) is 42.6 Å². The normalized spacial score (nSPS) is 19.3. The average Bonchev–Trinajstić information content (AvgIpc) is 2.67. The van der Waals surface area contributed by atoms with Crippen LogP contribution in [0.2, 0.25) is 10.2 Å². The smallest absolute Gasteiger partial charge is 0.257 e. The first kappa shape index (κ1) is 20.4. The fourth-order valence-electron chi connectivity index (χ4n) is 3.55. The topological polar surface area (TPSA) is 85.5 Å². The second-order valence-corrected chi connectivity index (χ2v) is 7.85. The summed E-state index contributed by atoms with van der Waals surface area (Å²) < 4.78 is 5.92. The van der Waals surface area contributed by atoms with Gasteiger partial charge in [-0.3, -0.25) is 9.59 Å². The molecule has 0 saturated carbocycles. The predicted molar refractivity (Wildman–Crippen MR) is 108 cm³/mol. The summed E-state index contributed by atoms with van der Waals surface area (Å²) in [6, 6.07) is 10.3. The Labute approximate surface area is 173 Å². The molecule has 1 aliphatic heterocycles. The molecule has 1 aromatic carbocycles. The van der Waals surface area contributed by atoms with E-state index < -0.39 is 11.3 Å². The Balaban J connectivity index is 1.77. The SMILES string of the molecule is NC(=O)C[C@@]1(COc2ccc(Cl)cc2)CCCN(C(=O)c2cccnc2Cl)C1. The van der Waals surface area contributed by atoms with Gasteiger partial charge in [0.05, 0.1) is 12.2 Å². The molecule has 2 aromatic rings. The van der Waals surface area contributed by atoms with Gasteiger partial charge in [-0.15, -0.1) is 0 Å². The Kier molecular flexibility index (Phi) is 6.42. The van der Waals surface area contributed by atoms with Crippen LogP contribution in [0.3, 0.4) is 0 Å². The standard InChI is InChI=1S/C20H21Cl2N3O3/c21-14-4-6-15(7-5-14)28-13-20(11-17(23)26)8-2-10-25(12-20)19(27)16-3-1-9-24-18(16)22/h1,3-7,9H,2,8,10-13H2,(H2,23,26)/t20-/m0/s1. The van der Waals surface area contributed by atoms with Gasteiger partial charge in [-0.2, -0.15) is 0 Å². The highest BCUT2D eigenvalue weighted by molar-refractivity contribution is 6.32. The van der Waals surface area contributed by atoms with Crippen molar-refractivity contribution >= 4 is 35.0 Å².